The van der Waals surface area contributed by atoms with E-state index < -0.39 is 0 Å². The van der Waals surface area contributed by atoms with E-state index in [0.29, 0.717) is 29.0 Å². The van der Waals surface area contributed by atoms with E-state index in [-0.39, 0.29) is 11.7 Å². The first-order valence-electron chi connectivity index (χ1n) is 8.09. The Morgan fingerprint density at radius 2 is 2.08 bits per heavy atom. The zero-order chi connectivity index (χ0) is 17.1. The van der Waals surface area contributed by atoms with Gasteiger partial charge in [-0.15, -0.1) is 0 Å². The van der Waals surface area contributed by atoms with E-state index in [1.165, 1.54) is 24.3 Å². The summed E-state index contributed by atoms with van der Waals surface area (Å²) in [5.74, 6) is -0.0324. The predicted molar refractivity (Wildman–Crippen MR) is 92.4 cm³/mol. The van der Waals surface area contributed by atoms with Crippen molar-refractivity contribution in [1.82, 2.24) is 10.3 Å². The van der Waals surface area contributed by atoms with Gasteiger partial charge in [0.1, 0.15) is 5.82 Å². The number of halogens is 1. The van der Waals surface area contributed by atoms with Crippen LogP contribution in [-0.2, 0) is 0 Å². The summed E-state index contributed by atoms with van der Waals surface area (Å²) in [7, 11) is 0. The van der Waals surface area contributed by atoms with Gasteiger partial charge in [0.05, 0.1) is 5.69 Å². The number of benzene rings is 1. The highest BCUT2D eigenvalue weighted by molar-refractivity contribution is 6.05. The number of carbonyl (C=O) groups is 1. The third-order valence-corrected chi connectivity index (χ3v) is 4.43. The number of amides is 1. The topological polar surface area (TPSA) is 80.0 Å². The molecule has 1 fully saturated rings. The third kappa shape index (κ3) is 3.54. The van der Waals surface area contributed by atoms with Gasteiger partial charge in [0.2, 0.25) is 0 Å². The molecular formula is C18H21FN4O. The van der Waals surface area contributed by atoms with Crippen molar-refractivity contribution in [1.29, 1.82) is 0 Å². The largest absolute Gasteiger partial charge is 0.395 e. The molecule has 0 radical (unpaired) electrons. The lowest BCUT2D eigenvalue weighted by Gasteiger charge is -2.29. The van der Waals surface area contributed by atoms with Crippen LogP contribution in [0, 0.1) is 5.82 Å². The molecule has 2 unspecified atom stereocenters. The van der Waals surface area contributed by atoms with Crippen molar-refractivity contribution in [2.24, 2.45) is 0 Å². The Morgan fingerprint density at radius 1 is 1.33 bits per heavy atom. The molecule has 24 heavy (non-hydrogen) atoms. The molecule has 5 nitrogen and oxygen atoms in total. The lowest BCUT2D eigenvalue weighted by Crippen LogP contribution is -2.35. The number of nitrogens with one attached hydrogen (secondary N) is 2. The van der Waals surface area contributed by atoms with Gasteiger partial charge in [-0.1, -0.05) is 0 Å². The highest BCUT2D eigenvalue weighted by Crippen LogP contribution is 2.34. The Morgan fingerprint density at radius 3 is 2.79 bits per heavy atom. The zero-order valence-electron chi connectivity index (χ0n) is 13.6. The van der Waals surface area contributed by atoms with Crippen LogP contribution in [0.1, 0.15) is 41.6 Å². The van der Waals surface area contributed by atoms with E-state index in [1.54, 1.807) is 6.20 Å². The summed E-state index contributed by atoms with van der Waals surface area (Å²) in [4.78, 5) is 16.5. The van der Waals surface area contributed by atoms with Gasteiger partial charge in [-0.25, -0.2) is 9.37 Å². The number of rotatable bonds is 3. The fourth-order valence-corrected chi connectivity index (χ4v) is 3.14. The Kier molecular flexibility index (Phi) is 4.76. The second-order valence-electron chi connectivity index (χ2n) is 6.20. The van der Waals surface area contributed by atoms with Gasteiger partial charge >= 0.3 is 0 Å². The highest BCUT2D eigenvalue weighted by atomic mass is 19.1. The molecule has 1 aliphatic rings. The van der Waals surface area contributed by atoms with Crippen LogP contribution in [-0.4, -0.2) is 23.5 Å². The van der Waals surface area contributed by atoms with Gasteiger partial charge in [0.25, 0.3) is 5.91 Å². The average Bonchev–Trinajstić information content (AvgIpc) is 2.57. The Hall–Kier alpha value is -2.47. The number of aromatic nitrogens is 1. The molecule has 126 valence electrons. The number of carbonyl (C=O) groups excluding carboxylic acids is 1. The highest BCUT2D eigenvalue weighted by Gasteiger charge is 2.23. The maximum absolute atomic E-state index is 13.0. The minimum Gasteiger partial charge on any atom is -0.395 e. The minimum absolute atomic E-state index is 0.353. The smallest absolute Gasteiger partial charge is 0.256 e. The summed E-state index contributed by atoms with van der Waals surface area (Å²) in [6, 6.07) is 7.72. The van der Waals surface area contributed by atoms with Gasteiger partial charge in [-0.05, 0) is 68.1 Å². The van der Waals surface area contributed by atoms with Gasteiger partial charge < -0.3 is 16.4 Å². The molecular weight excluding hydrogens is 307 g/mol. The van der Waals surface area contributed by atoms with Gasteiger partial charge in [0.15, 0.2) is 5.82 Å². The summed E-state index contributed by atoms with van der Waals surface area (Å²) in [6.45, 7) is 3.10. The second kappa shape index (κ2) is 6.97. The van der Waals surface area contributed by atoms with Crippen molar-refractivity contribution in [3.05, 3.63) is 53.5 Å². The summed E-state index contributed by atoms with van der Waals surface area (Å²) in [5, 5.41) is 6.14. The molecule has 1 aliphatic heterocycles. The average molecular weight is 328 g/mol. The van der Waals surface area contributed by atoms with Crippen LogP contribution in [0.15, 0.2) is 36.5 Å². The molecule has 2 aromatic rings. The van der Waals surface area contributed by atoms with Crippen molar-refractivity contribution in [2.75, 3.05) is 17.6 Å². The normalized spacial score (nSPS) is 20.6. The van der Waals surface area contributed by atoms with Crippen molar-refractivity contribution < 1.29 is 9.18 Å². The van der Waals surface area contributed by atoms with Crippen LogP contribution >= 0.6 is 0 Å². The number of nitrogens with two attached hydrogens (primary N) is 1. The molecule has 2 heterocycles. The van der Waals surface area contributed by atoms with E-state index >= 15 is 0 Å². The number of hydrogen-bond donors (Lipinski definition) is 3. The Bertz CT molecular complexity index is 732. The van der Waals surface area contributed by atoms with E-state index in [0.717, 1.165) is 24.9 Å². The zero-order valence-corrected chi connectivity index (χ0v) is 13.6. The lowest BCUT2D eigenvalue weighted by molar-refractivity contribution is 0.102. The number of pyridine rings is 1. The first kappa shape index (κ1) is 16.4. The van der Waals surface area contributed by atoms with Crippen molar-refractivity contribution in [3.8, 4) is 0 Å². The van der Waals surface area contributed by atoms with E-state index in [2.05, 4.69) is 22.5 Å². The standard InChI is InChI=1S/C18H21FN4O/c1-11-10-13(6-8-21-11)15-7-9-22-17(16(15)20)23-18(24)12-2-4-14(19)5-3-12/h2-5,7,9,11,13,21H,6,8,10,20H2,1H3,(H,22,23,24). The molecule has 0 saturated carbocycles. The van der Waals surface area contributed by atoms with E-state index in [9.17, 15) is 9.18 Å². The van der Waals surface area contributed by atoms with Crippen LogP contribution in [0.2, 0.25) is 0 Å². The summed E-state index contributed by atoms with van der Waals surface area (Å²) >= 11 is 0. The molecule has 1 saturated heterocycles. The Balaban J connectivity index is 1.80. The van der Waals surface area contributed by atoms with E-state index in [4.69, 9.17) is 5.73 Å². The SMILES string of the molecule is CC1CC(c2ccnc(NC(=O)c3ccc(F)cc3)c2N)CCN1. The summed E-state index contributed by atoms with van der Waals surface area (Å²) in [6.07, 6.45) is 3.67. The molecule has 6 heteroatoms. The van der Waals surface area contributed by atoms with Crippen molar-refractivity contribution in [3.63, 3.8) is 0 Å². The second-order valence-corrected chi connectivity index (χ2v) is 6.20. The molecule has 1 aromatic heterocycles. The lowest BCUT2D eigenvalue weighted by atomic mass is 9.86. The first-order valence-corrected chi connectivity index (χ1v) is 8.09. The fourth-order valence-electron chi connectivity index (χ4n) is 3.14. The van der Waals surface area contributed by atoms with Crippen molar-refractivity contribution >= 4 is 17.4 Å². The molecule has 0 aliphatic carbocycles. The number of nitrogen functional groups attached to an aromatic ring is 1. The number of nitrogens with zero attached hydrogens (tertiary/aromatic N) is 1. The predicted octanol–water partition coefficient (Wildman–Crippen LogP) is 2.91. The van der Waals surface area contributed by atoms with Gasteiger partial charge in [-0.3, -0.25) is 4.79 Å². The summed E-state index contributed by atoms with van der Waals surface area (Å²) in [5.41, 5.74) is 8.14. The molecule has 2 atom stereocenters. The van der Waals surface area contributed by atoms with Crippen molar-refractivity contribution in [2.45, 2.75) is 31.7 Å². The van der Waals surface area contributed by atoms with Crippen LogP contribution < -0.4 is 16.4 Å². The third-order valence-electron chi connectivity index (χ3n) is 4.43. The van der Waals surface area contributed by atoms with Gasteiger partial charge in [0, 0.05) is 17.8 Å². The molecule has 0 spiro atoms. The summed E-state index contributed by atoms with van der Waals surface area (Å²) < 4.78 is 13.0. The molecule has 3 rings (SSSR count). The first-order chi connectivity index (χ1) is 11.5. The van der Waals surface area contributed by atoms with Crippen LogP contribution in [0.4, 0.5) is 15.9 Å². The Labute approximate surface area is 140 Å². The minimum atomic E-state index is -0.383. The fraction of sp³-hybridized carbons (Fsp3) is 0.333. The number of anilines is 2. The quantitative estimate of drug-likeness (QED) is 0.809. The van der Waals surface area contributed by atoms with Gasteiger partial charge in [-0.2, -0.15) is 0 Å². The molecule has 0 bridgehead atoms. The van der Waals surface area contributed by atoms with Crippen LogP contribution in [0.25, 0.3) is 0 Å². The van der Waals surface area contributed by atoms with Crippen LogP contribution in [0.3, 0.4) is 0 Å². The monoisotopic (exact) mass is 328 g/mol. The maximum Gasteiger partial charge on any atom is 0.256 e. The number of piperidine rings is 1. The number of hydrogen-bond acceptors (Lipinski definition) is 4. The van der Waals surface area contributed by atoms with E-state index in [1.807, 2.05) is 6.07 Å². The molecule has 4 N–H and O–H groups in total. The molecule has 1 aromatic carbocycles. The molecule has 1 amide bonds. The maximum atomic E-state index is 13.0. The van der Waals surface area contributed by atoms with Crippen LogP contribution in [0.5, 0.6) is 0 Å².